The minimum absolute atomic E-state index is 1.06. The van der Waals surface area contributed by atoms with Crippen molar-refractivity contribution in [1.82, 2.24) is 0 Å². The van der Waals surface area contributed by atoms with Gasteiger partial charge >= 0.3 is 0 Å². The van der Waals surface area contributed by atoms with E-state index in [1.807, 2.05) is 0 Å². The third-order valence-electron chi connectivity index (χ3n) is 2.12. The zero-order chi connectivity index (χ0) is 9.26. The molecule has 1 heterocycles. The van der Waals surface area contributed by atoms with Gasteiger partial charge in [0.05, 0.1) is 0 Å². The lowest BCUT2D eigenvalue weighted by atomic mass is 10.1. The Labute approximate surface area is 83.5 Å². The molecule has 0 aliphatic rings. The zero-order valence-corrected chi connectivity index (χ0v) is 10.5. The molecule has 1 atom stereocenters. The molecule has 1 unspecified atom stereocenters. The minimum atomic E-state index is 1.06. The van der Waals surface area contributed by atoms with Crippen molar-refractivity contribution in [3.05, 3.63) is 35.1 Å². The molecule has 2 rings (SSSR count). The maximum Gasteiger partial charge on any atom is 0.0211 e. The van der Waals surface area contributed by atoms with Gasteiger partial charge in [-0.25, -0.2) is 0 Å². The van der Waals surface area contributed by atoms with E-state index in [1.165, 1.54) is 19.0 Å². The second kappa shape index (κ2) is 3.93. The predicted molar refractivity (Wildman–Crippen MR) is 65.9 cm³/mol. The summed E-state index contributed by atoms with van der Waals surface area (Å²) in [5, 5.41) is 3.13. The zero-order valence-electron chi connectivity index (χ0n) is 7.70. The van der Waals surface area contributed by atoms with Crippen molar-refractivity contribution in [2.45, 2.75) is 13.8 Å². The molecule has 0 amide bonds. The standard InChI is InChI=1S/C10H11P3/c1-7-5-3-4-6-9(7)10-8(2)11-13-12-10/h3-6,13H,1-2H3. The summed E-state index contributed by atoms with van der Waals surface area (Å²) in [7, 11) is 4.13. The predicted octanol–water partition coefficient (Wildman–Crippen LogP) is 5.16. The fraction of sp³-hybridized carbons (Fsp3) is 0.200. The summed E-state index contributed by atoms with van der Waals surface area (Å²) in [5.41, 5.74) is 2.87. The molecule has 0 fully saturated rings. The maximum atomic E-state index is 2.26. The number of rotatable bonds is 1. The van der Waals surface area contributed by atoms with Crippen LogP contribution in [0.4, 0.5) is 0 Å². The van der Waals surface area contributed by atoms with Gasteiger partial charge in [-0.3, -0.25) is 0 Å². The average Bonchev–Trinajstić information content (AvgIpc) is 2.52. The molecule has 0 N–H and O–H groups in total. The van der Waals surface area contributed by atoms with Gasteiger partial charge in [-0.2, -0.15) is 0 Å². The first kappa shape index (κ1) is 9.42. The highest BCUT2D eigenvalue weighted by Gasteiger charge is 2.04. The van der Waals surface area contributed by atoms with Crippen molar-refractivity contribution in [3.8, 4) is 10.9 Å². The monoisotopic (exact) mass is 224 g/mol. The summed E-state index contributed by atoms with van der Waals surface area (Å²) >= 11 is 0. The average molecular weight is 224 g/mol. The molecule has 66 valence electrons. The van der Waals surface area contributed by atoms with Crippen molar-refractivity contribution < 1.29 is 0 Å². The molecular formula is C10H11P3. The van der Waals surface area contributed by atoms with Crippen molar-refractivity contribution in [2.24, 2.45) is 0 Å². The fourth-order valence-electron chi connectivity index (χ4n) is 1.38. The Balaban J connectivity index is 2.59. The summed E-state index contributed by atoms with van der Waals surface area (Å²) in [6.45, 7) is 4.46. The van der Waals surface area contributed by atoms with E-state index < -0.39 is 0 Å². The summed E-state index contributed by atoms with van der Waals surface area (Å²) in [4.78, 5) is 0. The van der Waals surface area contributed by atoms with Gasteiger partial charge in [0, 0.05) is 5.30 Å². The summed E-state index contributed by atoms with van der Waals surface area (Å²) in [6.07, 6.45) is 0. The van der Waals surface area contributed by atoms with Crippen LogP contribution in [0.25, 0.3) is 10.9 Å². The second-order valence-corrected chi connectivity index (χ2v) is 8.58. The Bertz CT molecular complexity index is 418. The highest BCUT2D eigenvalue weighted by molar-refractivity contribution is 8.18. The van der Waals surface area contributed by atoms with Crippen LogP contribution < -0.4 is 0 Å². The maximum absolute atomic E-state index is 2.26. The van der Waals surface area contributed by atoms with E-state index in [2.05, 4.69) is 38.1 Å². The molecule has 0 nitrogen and oxygen atoms in total. The van der Waals surface area contributed by atoms with Crippen LogP contribution in [0, 0.1) is 13.8 Å². The topological polar surface area (TPSA) is 0 Å². The molecular weight excluding hydrogens is 213 g/mol. The van der Waals surface area contributed by atoms with Crippen LogP contribution in [0.3, 0.4) is 0 Å². The first-order valence-electron chi connectivity index (χ1n) is 4.22. The smallest absolute Gasteiger partial charge is 0.0211 e. The summed E-state index contributed by atoms with van der Waals surface area (Å²) in [5.74, 6) is 0. The Morgan fingerprint density at radius 3 is 2.46 bits per heavy atom. The minimum Gasteiger partial charge on any atom is -0.0809 e. The van der Waals surface area contributed by atoms with Crippen LogP contribution in [0.5, 0.6) is 0 Å². The van der Waals surface area contributed by atoms with Gasteiger partial charge in [0.25, 0.3) is 0 Å². The van der Waals surface area contributed by atoms with E-state index >= 15 is 0 Å². The van der Waals surface area contributed by atoms with Crippen molar-refractivity contribution >= 4 is 23.3 Å². The Morgan fingerprint density at radius 2 is 1.85 bits per heavy atom. The quantitative estimate of drug-likeness (QED) is 0.627. The lowest BCUT2D eigenvalue weighted by molar-refractivity contribution is 1.47. The lowest BCUT2D eigenvalue weighted by Crippen LogP contribution is -1.79. The van der Waals surface area contributed by atoms with Crippen molar-refractivity contribution in [2.75, 3.05) is 0 Å². The van der Waals surface area contributed by atoms with Gasteiger partial charge in [0.2, 0.25) is 0 Å². The normalized spacial score (nSPS) is 12.2. The third-order valence-corrected chi connectivity index (χ3v) is 7.93. The molecule has 0 bridgehead atoms. The molecule has 0 aliphatic heterocycles. The summed E-state index contributed by atoms with van der Waals surface area (Å²) in [6, 6.07) is 8.69. The molecule has 0 aliphatic carbocycles. The van der Waals surface area contributed by atoms with Crippen LogP contribution in [0.2, 0.25) is 0 Å². The lowest BCUT2D eigenvalue weighted by Gasteiger charge is -2.03. The Morgan fingerprint density at radius 1 is 1.08 bits per heavy atom. The van der Waals surface area contributed by atoms with E-state index in [0.29, 0.717) is 0 Å². The van der Waals surface area contributed by atoms with Crippen LogP contribution in [0.15, 0.2) is 24.3 Å². The number of hydrogen-bond donors (Lipinski definition) is 0. The van der Waals surface area contributed by atoms with Gasteiger partial charge in [-0.1, -0.05) is 31.8 Å². The molecule has 0 radical (unpaired) electrons. The van der Waals surface area contributed by atoms with Gasteiger partial charge in [-0.05, 0) is 46.0 Å². The molecule has 13 heavy (non-hydrogen) atoms. The SMILES string of the molecule is Cc1ccccc1-c1p[pH]pc1C. The van der Waals surface area contributed by atoms with Crippen LogP contribution in [0.1, 0.15) is 10.9 Å². The Hall–Kier alpha value is -0.140. The van der Waals surface area contributed by atoms with Crippen LogP contribution in [-0.4, -0.2) is 0 Å². The molecule has 0 saturated heterocycles. The molecule has 0 spiro atoms. The van der Waals surface area contributed by atoms with Gasteiger partial charge in [0.1, 0.15) is 0 Å². The first-order valence-corrected chi connectivity index (χ1v) is 8.69. The van der Waals surface area contributed by atoms with E-state index in [1.54, 1.807) is 18.5 Å². The van der Waals surface area contributed by atoms with Gasteiger partial charge in [0.15, 0.2) is 0 Å². The van der Waals surface area contributed by atoms with E-state index in [-0.39, 0.29) is 0 Å². The van der Waals surface area contributed by atoms with E-state index in [0.717, 1.165) is 7.55 Å². The van der Waals surface area contributed by atoms with Crippen LogP contribution in [-0.2, 0) is 0 Å². The molecule has 0 saturated carbocycles. The summed E-state index contributed by atoms with van der Waals surface area (Å²) < 4.78 is 0. The molecule has 2 aromatic rings. The fourth-order valence-corrected chi connectivity index (χ4v) is 8.10. The van der Waals surface area contributed by atoms with E-state index in [9.17, 15) is 0 Å². The number of aryl methyl sites for hydroxylation is 2. The second-order valence-electron chi connectivity index (χ2n) is 3.07. The molecule has 3 heteroatoms. The molecule has 1 aromatic carbocycles. The third kappa shape index (κ3) is 1.87. The highest BCUT2D eigenvalue weighted by atomic mass is 32.1. The van der Waals surface area contributed by atoms with Gasteiger partial charge < -0.3 is 0 Å². The van der Waals surface area contributed by atoms with Crippen molar-refractivity contribution in [1.29, 1.82) is 0 Å². The molecule has 1 aromatic heterocycles. The highest BCUT2D eigenvalue weighted by Crippen LogP contribution is 2.47. The van der Waals surface area contributed by atoms with Crippen LogP contribution >= 0.6 is 23.3 Å². The Kier molecular flexibility index (Phi) is 2.85. The first-order chi connectivity index (χ1) is 6.29. The van der Waals surface area contributed by atoms with Crippen molar-refractivity contribution in [3.63, 3.8) is 0 Å². The number of hydrogen-bond acceptors (Lipinski definition) is 0. The number of benzene rings is 1. The van der Waals surface area contributed by atoms with Gasteiger partial charge in [-0.15, -0.1) is 0 Å². The van der Waals surface area contributed by atoms with E-state index in [4.69, 9.17) is 0 Å². The largest absolute Gasteiger partial charge is 0.0809 e.